The van der Waals surface area contributed by atoms with E-state index in [0.29, 0.717) is 37.7 Å². The van der Waals surface area contributed by atoms with Gasteiger partial charge in [-0.1, -0.05) is 0 Å². The van der Waals surface area contributed by atoms with Crippen LogP contribution in [0.4, 0.5) is 16.2 Å². The number of ether oxygens (including phenoxy) is 4. The molecule has 1 aliphatic rings. The second-order valence-electron chi connectivity index (χ2n) is 7.96. The van der Waals surface area contributed by atoms with Crippen molar-refractivity contribution >= 4 is 17.4 Å². The third kappa shape index (κ3) is 5.24. The number of rotatable bonds is 7. The van der Waals surface area contributed by atoms with Gasteiger partial charge in [-0.2, -0.15) is 0 Å². The molecule has 2 amide bonds. The number of pyridine rings is 1. The van der Waals surface area contributed by atoms with Crippen molar-refractivity contribution in [2.45, 2.75) is 20.0 Å². The van der Waals surface area contributed by atoms with Crippen LogP contribution in [-0.4, -0.2) is 77.6 Å². The lowest BCUT2D eigenvalue weighted by Gasteiger charge is -2.38. The maximum atomic E-state index is 13.3. The van der Waals surface area contributed by atoms with Crippen LogP contribution in [0, 0.1) is 6.92 Å². The number of anilines is 2. The molecule has 2 heterocycles. The SMILES string of the molecule is COc1cc(OC)cc(N2CCN(C(=O)N(C)c3cc(C(C)OC)c(C)nc3OC)CC2)c1. The molecule has 2 aromatic rings. The Bertz CT molecular complexity index is 953. The van der Waals surface area contributed by atoms with Gasteiger partial charge in [-0.05, 0) is 19.9 Å². The molecule has 1 unspecified atom stereocenters. The van der Waals surface area contributed by atoms with Gasteiger partial charge in [0.15, 0.2) is 0 Å². The van der Waals surface area contributed by atoms with Crippen molar-refractivity contribution in [2.75, 3.05) is 71.5 Å². The summed E-state index contributed by atoms with van der Waals surface area (Å²) in [6.45, 7) is 6.44. The zero-order valence-corrected chi connectivity index (χ0v) is 20.5. The molecule has 0 radical (unpaired) electrons. The van der Waals surface area contributed by atoms with Gasteiger partial charge in [0.2, 0.25) is 5.88 Å². The summed E-state index contributed by atoms with van der Waals surface area (Å²) < 4.78 is 21.7. The molecule has 1 aromatic carbocycles. The zero-order valence-electron chi connectivity index (χ0n) is 20.5. The van der Waals surface area contributed by atoms with Crippen molar-refractivity contribution in [3.05, 3.63) is 35.5 Å². The minimum absolute atomic E-state index is 0.0992. The van der Waals surface area contributed by atoms with Crippen LogP contribution in [0.2, 0.25) is 0 Å². The summed E-state index contributed by atoms with van der Waals surface area (Å²) in [5.74, 6) is 1.89. The van der Waals surface area contributed by atoms with E-state index in [9.17, 15) is 4.79 Å². The summed E-state index contributed by atoms with van der Waals surface area (Å²) in [6.07, 6.45) is -0.144. The monoisotopic (exact) mass is 458 g/mol. The number of amides is 2. The fourth-order valence-corrected chi connectivity index (χ4v) is 3.96. The minimum Gasteiger partial charge on any atom is -0.497 e. The summed E-state index contributed by atoms with van der Waals surface area (Å²) >= 11 is 0. The molecule has 0 bridgehead atoms. The quantitative estimate of drug-likeness (QED) is 0.628. The van der Waals surface area contributed by atoms with Gasteiger partial charge >= 0.3 is 6.03 Å². The summed E-state index contributed by atoms with van der Waals surface area (Å²) in [5, 5.41) is 0. The zero-order chi connectivity index (χ0) is 24.1. The first-order chi connectivity index (χ1) is 15.8. The molecule has 0 spiro atoms. The highest BCUT2D eigenvalue weighted by Crippen LogP contribution is 2.33. The average Bonchev–Trinajstić information content (AvgIpc) is 2.86. The molecule has 1 aromatic heterocycles. The van der Waals surface area contributed by atoms with Gasteiger partial charge < -0.3 is 28.7 Å². The van der Waals surface area contributed by atoms with E-state index in [0.717, 1.165) is 28.4 Å². The van der Waals surface area contributed by atoms with Gasteiger partial charge in [0.05, 0.1) is 27.4 Å². The second kappa shape index (κ2) is 10.6. The average molecular weight is 459 g/mol. The van der Waals surface area contributed by atoms with Crippen LogP contribution in [-0.2, 0) is 4.74 Å². The molecule has 0 saturated carbocycles. The van der Waals surface area contributed by atoms with E-state index in [1.807, 2.05) is 43.0 Å². The van der Waals surface area contributed by atoms with Crippen molar-refractivity contribution < 1.29 is 23.7 Å². The molecule has 9 nitrogen and oxygen atoms in total. The number of hydrogen-bond acceptors (Lipinski definition) is 7. The van der Waals surface area contributed by atoms with E-state index in [2.05, 4.69) is 9.88 Å². The molecule has 180 valence electrons. The Balaban J connectivity index is 1.75. The largest absolute Gasteiger partial charge is 0.497 e. The maximum Gasteiger partial charge on any atom is 0.324 e. The third-order valence-corrected chi connectivity index (χ3v) is 6.08. The number of carbonyl (C=O) groups is 1. The van der Waals surface area contributed by atoms with Crippen LogP contribution in [0.15, 0.2) is 24.3 Å². The first-order valence-electron chi connectivity index (χ1n) is 10.9. The summed E-state index contributed by atoms with van der Waals surface area (Å²) in [4.78, 5) is 23.5. The van der Waals surface area contributed by atoms with Gasteiger partial charge in [-0.15, -0.1) is 0 Å². The lowest BCUT2D eigenvalue weighted by atomic mass is 10.1. The van der Waals surface area contributed by atoms with Crippen LogP contribution in [0.25, 0.3) is 0 Å². The highest BCUT2D eigenvalue weighted by Gasteiger charge is 2.27. The molecular weight excluding hydrogens is 424 g/mol. The van der Waals surface area contributed by atoms with Gasteiger partial charge in [-0.3, -0.25) is 4.90 Å². The van der Waals surface area contributed by atoms with Crippen LogP contribution in [0.3, 0.4) is 0 Å². The predicted octanol–water partition coefficient (Wildman–Crippen LogP) is 3.50. The van der Waals surface area contributed by atoms with Crippen LogP contribution >= 0.6 is 0 Å². The van der Waals surface area contributed by atoms with E-state index in [-0.39, 0.29) is 12.1 Å². The van der Waals surface area contributed by atoms with Crippen LogP contribution in [0.5, 0.6) is 17.4 Å². The fourth-order valence-electron chi connectivity index (χ4n) is 3.96. The van der Waals surface area contributed by atoms with Crippen LogP contribution in [0.1, 0.15) is 24.3 Å². The highest BCUT2D eigenvalue weighted by molar-refractivity contribution is 5.93. The number of piperazine rings is 1. The molecule has 1 saturated heterocycles. The van der Waals surface area contributed by atoms with Crippen molar-refractivity contribution in [3.8, 4) is 17.4 Å². The van der Waals surface area contributed by atoms with E-state index in [1.165, 1.54) is 0 Å². The third-order valence-electron chi connectivity index (χ3n) is 6.08. The smallest absolute Gasteiger partial charge is 0.324 e. The van der Waals surface area contributed by atoms with Gasteiger partial charge in [0, 0.05) is 75.5 Å². The summed E-state index contributed by atoms with van der Waals surface area (Å²) in [6, 6.07) is 7.63. The van der Waals surface area contributed by atoms with Crippen molar-refractivity contribution in [2.24, 2.45) is 0 Å². The molecule has 0 N–H and O–H groups in total. The number of urea groups is 1. The van der Waals surface area contributed by atoms with Crippen molar-refractivity contribution in [1.82, 2.24) is 9.88 Å². The molecule has 3 rings (SSSR count). The minimum atomic E-state index is -0.144. The van der Waals surface area contributed by atoms with Crippen LogP contribution < -0.4 is 24.0 Å². The Morgan fingerprint density at radius 2 is 1.58 bits per heavy atom. The first-order valence-corrected chi connectivity index (χ1v) is 10.9. The fraction of sp³-hybridized carbons (Fsp3) is 0.500. The number of benzene rings is 1. The van der Waals surface area contributed by atoms with E-state index >= 15 is 0 Å². The standard InChI is InChI=1S/C24H34N4O5/c1-16-21(17(2)30-4)15-22(23(25-16)33-7)26(3)24(29)28-10-8-27(9-11-28)18-12-19(31-5)14-20(13-18)32-6/h12-15,17H,8-11H2,1-7H3. The molecular formula is C24H34N4O5. The summed E-state index contributed by atoms with van der Waals surface area (Å²) in [7, 11) is 8.23. The van der Waals surface area contributed by atoms with Gasteiger partial charge in [-0.25, -0.2) is 9.78 Å². The molecule has 0 aliphatic carbocycles. The molecule has 33 heavy (non-hydrogen) atoms. The van der Waals surface area contributed by atoms with E-state index < -0.39 is 0 Å². The van der Waals surface area contributed by atoms with Gasteiger partial charge in [0.25, 0.3) is 0 Å². The number of methoxy groups -OCH3 is 4. The molecule has 1 aliphatic heterocycles. The number of aryl methyl sites for hydroxylation is 1. The Labute approximate surface area is 195 Å². The summed E-state index contributed by atoms with van der Waals surface area (Å²) in [5.41, 5.74) is 3.36. The van der Waals surface area contributed by atoms with Crippen molar-refractivity contribution in [1.29, 1.82) is 0 Å². The molecule has 1 fully saturated rings. The Morgan fingerprint density at radius 1 is 0.970 bits per heavy atom. The first kappa shape index (κ1) is 24.4. The number of nitrogens with zero attached hydrogens (tertiary/aromatic N) is 4. The number of aromatic nitrogens is 1. The van der Waals surface area contributed by atoms with E-state index in [4.69, 9.17) is 18.9 Å². The lowest BCUT2D eigenvalue weighted by Crippen LogP contribution is -2.52. The van der Waals surface area contributed by atoms with Gasteiger partial charge in [0.1, 0.15) is 17.2 Å². The predicted molar refractivity (Wildman–Crippen MR) is 128 cm³/mol. The Morgan fingerprint density at radius 3 is 2.09 bits per heavy atom. The second-order valence-corrected chi connectivity index (χ2v) is 7.96. The Hall–Kier alpha value is -3.20. The molecule has 1 atom stereocenters. The van der Waals surface area contributed by atoms with E-state index in [1.54, 1.807) is 40.4 Å². The Kier molecular flexibility index (Phi) is 7.86. The van der Waals surface area contributed by atoms with Crippen molar-refractivity contribution in [3.63, 3.8) is 0 Å². The number of hydrogen-bond donors (Lipinski definition) is 0. The normalized spacial score (nSPS) is 14.6. The topological polar surface area (TPSA) is 76.6 Å². The maximum absolute atomic E-state index is 13.3. The lowest BCUT2D eigenvalue weighted by molar-refractivity contribution is 0.118. The highest BCUT2D eigenvalue weighted by atomic mass is 16.5. The number of carbonyl (C=O) groups excluding carboxylic acids is 1. The molecule has 9 heteroatoms.